The average Bonchev–Trinajstić information content (AvgIpc) is 2.40. The van der Waals surface area contributed by atoms with E-state index in [2.05, 4.69) is 9.97 Å². The number of amides is 2. The molecule has 0 atom stereocenters. The zero-order chi connectivity index (χ0) is 14.4. The van der Waals surface area contributed by atoms with Crippen molar-refractivity contribution >= 4 is 23.4 Å². The van der Waals surface area contributed by atoms with Crippen molar-refractivity contribution in [3.8, 4) is 0 Å². The molecule has 19 heavy (non-hydrogen) atoms. The number of carbonyl (C=O) groups is 2. The van der Waals surface area contributed by atoms with Gasteiger partial charge in [-0.3, -0.25) is 9.59 Å². The Morgan fingerprint density at radius 1 is 1.21 bits per heavy atom. The van der Waals surface area contributed by atoms with Crippen LogP contribution in [0.1, 0.15) is 24.3 Å². The highest BCUT2D eigenvalue weighted by atomic mass is 35.5. The lowest BCUT2D eigenvalue weighted by molar-refractivity contribution is -0.131. The van der Waals surface area contributed by atoms with E-state index in [1.54, 1.807) is 11.9 Å². The number of hydrogen-bond acceptors (Lipinski definition) is 4. The second-order valence-corrected chi connectivity index (χ2v) is 4.34. The first-order chi connectivity index (χ1) is 8.99. The van der Waals surface area contributed by atoms with Crippen LogP contribution in [-0.2, 0) is 4.79 Å². The summed E-state index contributed by atoms with van der Waals surface area (Å²) >= 11 is 5.60. The predicted molar refractivity (Wildman–Crippen MR) is 71.9 cm³/mol. The van der Waals surface area contributed by atoms with E-state index in [9.17, 15) is 9.59 Å². The largest absolute Gasteiger partial charge is 0.342 e. The minimum atomic E-state index is -0.357. The Hall–Kier alpha value is -1.69. The van der Waals surface area contributed by atoms with Gasteiger partial charge < -0.3 is 9.80 Å². The molecule has 1 heterocycles. The second-order valence-electron chi connectivity index (χ2n) is 3.95. The summed E-state index contributed by atoms with van der Waals surface area (Å²) in [5, 5.41) is 0.221. The molecule has 0 aromatic carbocycles. The molecule has 1 rings (SSSR count). The van der Waals surface area contributed by atoms with Crippen LogP contribution in [0.5, 0.6) is 0 Å². The van der Waals surface area contributed by atoms with Crippen molar-refractivity contribution in [2.75, 3.05) is 26.7 Å². The van der Waals surface area contributed by atoms with Crippen LogP contribution in [0.2, 0.25) is 5.15 Å². The number of likely N-dealkylation sites (N-methyl/N-ethyl adjacent to an activating group) is 2. The van der Waals surface area contributed by atoms with Crippen molar-refractivity contribution < 1.29 is 9.59 Å². The van der Waals surface area contributed by atoms with Crippen molar-refractivity contribution in [3.05, 3.63) is 23.2 Å². The fourth-order valence-electron chi connectivity index (χ4n) is 1.57. The third-order valence-electron chi connectivity index (χ3n) is 2.67. The summed E-state index contributed by atoms with van der Waals surface area (Å²) in [5.74, 6) is -0.451. The van der Waals surface area contributed by atoms with Crippen LogP contribution in [0.15, 0.2) is 12.4 Å². The Bertz CT molecular complexity index is 446. The van der Waals surface area contributed by atoms with Crippen LogP contribution in [0.3, 0.4) is 0 Å². The quantitative estimate of drug-likeness (QED) is 0.811. The van der Waals surface area contributed by atoms with E-state index in [-0.39, 0.29) is 29.2 Å². The molecule has 0 fully saturated rings. The van der Waals surface area contributed by atoms with Crippen molar-refractivity contribution in [1.82, 2.24) is 19.8 Å². The van der Waals surface area contributed by atoms with Gasteiger partial charge in [0.25, 0.3) is 5.91 Å². The zero-order valence-electron chi connectivity index (χ0n) is 11.3. The van der Waals surface area contributed by atoms with Crippen molar-refractivity contribution in [3.63, 3.8) is 0 Å². The van der Waals surface area contributed by atoms with Gasteiger partial charge >= 0.3 is 0 Å². The Labute approximate surface area is 117 Å². The molecule has 6 nitrogen and oxygen atoms in total. The maximum Gasteiger partial charge on any atom is 0.274 e. The summed E-state index contributed by atoms with van der Waals surface area (Å²) in [5.41, 5.74) is 0.166. The Morgan fingerprint density at radius 3 is 2.32 bits per heavy atom. The lowest BCUT2D eigenvalue weighted by Gasteiger charge is -2.22. The first-order valence-electron chi connectivity index (χ1n) is 6.00. The molecule has 1 aromatic heterocycles. The lowest BCUT2D eigenvalue weighted by atomic mass is 10.3. The van der Waals surface area contributed by atoms with Gasteiger partial charge in [0.1, 0.15) is 10.8 Å². The van der Waals surface area contributed by atoms with Crippen LogP contribution in [0.25, 0.3) is 0 Å². The van der Waals surface area contributed by atoms with Gasteiger partial charge in [0, 0.05) is 20.1 Å². The second kappa shape index (κ2) is 7.04. The Kier molecular flexibility index (Phi) is 5.69. The molecule has 104 valence electrons. The molecular formula is C12H17ClN4O2. The molecule has 0 unspecified atom stereocenters. The van der Waals surface area contributed by atoms with Gasteiger partial charge in [-0.05, 0) is 13.8 Å². The number of aromatic nitrogens is 2. The van der Waals surface area contributed by atoms with Crippen molar-refractivity contribution in [2.45, 2.75) is 13.8 Å². The van der Waals surface area contributed by atoms with Gasteiger partial charge in [0.05, 0.1) is 18.9 Å². The summed E-state index contributed by atoms with van der Waals surface area (Å²) in [6.07, 6.45) is 2.60. The molecule has 0 saturated heterocycles. The molecule has 1 aromatic rings. The molecule has 0 bridgehead atoms. The molecule has 2 amide bonds. The molecule has 0 N–H and O–H groups in total. The maximum absolute atomic E-state index is 12.0. The highest BCUT2D eigenvalue weighted by Crippen LogP contribution is 2.04. The van der Waals surface area contributed by atoms with Crippen LogP contribution in [-0.4, -0.2) is 58.3 Å². The molecule has 0 aliphatic rings. The van der Waals surface area contributed by atoms with Gasteiger partial charge in [-0.15, -0.1) is 0 Å². The molecule has 0 radical (unpaired) electrons. The SMILES string of the molecule is CCN(CC)C(=O)CN(C)C(=O)c1cnc(Cl)cn1. The van der Waals surface area contributed by atoms with Crippen LogP contribution in [0.4, 0.5) is 0 Å². The standard InChI is InChI=1S/C12H17ClN4O2/c1-4-17(5-2)11(18)8-16(3)12(19)9-6-15-10(13)7-14-9/h6-7H,4-5,8H2,1-3H3. The zero-order valence-corrected chi connectivity index (χ0v) is 12.0. The van der Waals surface area contributed by atoms with Gasteiger partial charge in [0.15, 0.2) is 0 Å². The third kappa shape index (κ3) is 4.17. The van der Waals surface area contributed by atoms with Gasteiger partial charge in [-0.25, -0.2) is 9.97 Å². The topological polar surface area (TPSA) is 66.4 Å². The molecule has 0 aliphatic heterocycles. The van der Waals surface area contributed by atoms with E-state index >= 15 is 0 Å². The molecule has 0 aliphatic carbocycles. The first kappa shape index (κ1) is 15.4. The van der Waals surface area contributed by atoms with Gasteiger partial charge in [0.2, 0.25) is 5.91 Å². The number of rotatable bonds is 5. The number of halogens is 1. The maximum atomic E-state index is 12.0. The first-order valence-corrected chi connectivity index (χ1v) is 6.38. The summed E-state index contributed by atoms with van der Waals surface area (Å²) in [4.78, 5) is 34.5. The summed E-state index contributed by atoms with van der Waals surface area (Å²) < 4.78 is 0. The normalized spacial score (nSPS) is 10.1. The lowest BCUT2D eigenvalue weighted by Crippen LogP contribution is -2.41. The van der Waals surface area contributed by atoms with Gasteiger partial charge in [-0.1, -0.05) is 11.6 Å². The van der Waals surface area contributed by atoms with E-state index in [4.69, 9.17) is 11.6 Å². The van der Waals surface area contributed by atoms with Gasteiger partial charge in [-0.2, -0.15) is 0 Å². The fraction of sp³-hybridized carbons (Fsp3) is 0.500. The fourth-order valence-corrected chi connectivity index (χ4v) is 1.67. The summed E-state index contributed by atoms with van der Waals surface area (Å²) in [6, 6.07) is 0. The van der Waals surface area contributed by atoms with Crippen molar-refractivity contribution in [2.24, 2.45) is 0 Å². The average molecular weight is 285 g/mol. The number of carbonyl (C=O) groups excluding carboxylic acids is 2. The number of nitrogens with zero attached hydrogens (tertiary/aromatic N) is 4. The minimum Gasteiger partial charge on any atom is -0.342 e. The number of hydrogen-bond donors (Lipinski definition) is 0. The van der Waals surface area contributed by atoms with E-state index in [1.165, 1.54) is 17.3 Å². The molecular weight excluding hydrogens is 268 g/mol. The summed E-state index contributed by atoms with van der Waals surface area (Å²) in [7, 11) is 1.56. The van der Waals surface area contributed by atoms with Crippen LogP contribution >= 0.6 is 11.6 Å². The smallest absolute Gasteiger partial charge is 0.274 e. The van der Waals surface area contributed by atoms with E-state index < -0.39 is 0 Å². The van der Waals surface area contributed by atoms with Crippen LogP contribution in [0, 0.1) is 0 Å². The van der Waals surface area contributed by atoms with Crippen molar-refractivity contribution in [1.29, 1.82) is 0 Å². The predicted octanol–water partition coefficient (Wildman–Crippen LogP) is 1.07. The molecule has 0 saturated carbocycles. The highest BCUT2D eigenvalue weighted by molar-refractivity contribution is 6.29. The minimum absolute atomic E-state index is 0.0187. The molecule has 0 spiro atoms. The van der Waals surface area contributed by atoms with E-state index in [1.807, 2.05) is 13.8 Å². The highest BCUT2D eigenvalue weighted by Gasteiger charge is 2.18. The van der Waals surface area contributed by atoms with Crippen LogP contribution < -0.4 is 0 Å². The molecule has 7 heteroatoms. The Morgan fingerprint density at radius 2 is 1.84 bits per heavy atom. The van der Waals surface area contributed by atoms with E-state index in [0.29, 0.717) is 13.1 Å². The Balaban J connectivity index is 2.67. The third-order valence-corrected chi connectivity index (χ3v) is 2.87. The summed E-state index contributed by atoms with van der Waals surface area (Å²) in [6.45, 7) is 5.06. The van der Waals surface area contributed by atoms with E-state index in [0.717, 1.165) is 0 Å². The monoisotopic (exact) mass is 284 g/mol.